The number of anilines is 1. The molecule has 7 heteroatoms. The highest BCUT2D eigenvalue weighted by atomic mass is 16.5. The fraction of sp³-hybridized carbons (Fsp3) is 0.417. The van der Waals surface area contributed by atoms with Crippen molar-refractivity contribution in [3.8, 4) is 0 Å². The van der Waals surface area contributed by atoms with Crippen molar-refractivity contribution in [3.05, 3.63) is 52.3 Å². The third kappa shape index (κ3) is 4.31. The summed E-state index contributed by atoms with van der Waals surface area (Å²) in [5.74, 6) is -0.193. The van der Waals surface area contributed by atoms with E-state index in [2.05, 4.69) is 41.5 Å². The number of fused-ring (bicyclic) bond motifs is 1. The molecule has 162 valence electrons. The maximum atomic E-state index is 13.5. The molecule has 31 heavy (non-hydrogen) atoms. The first kappa shape index (κ1) is 21.0. The van der Waals surface area contributed by atoms with Gasteiger partial charge >= 0.3 is 0 Å². The molecule has 2 N–H and O–H groups in total. The molecule has 0 aliphatic heterocycles. The molecule has 0 radical (unpaired) electrons. The minimum atomic E-state index is -0.302. The molecule has 3 aromatic rings. The topological polar surface area (TPSA) is 97.1 Å². The van der Waals surface area contributed by atoms with Crippen LogP contribution in [0.3, 0.4) is 0 Å². The lowest BCUT2D eigenvalue weighted by molar-refractivity contribution is 0.0963. The second kappa shape index (κ2) is 7.80. The SMILES string of the molecule is CNC(=O)c1c(C)cccc1NC(=O)c1cc(C2CC2)nc2onc(CC(C)(C)C)c12. The van der Waals surface area contributed by atoms with Crippen molar-refractivity contribution in [2.75, 3.05) is 12.4 Å². The van der Waals surface area contributed by atoms with E-state index in [0.717, 1.165) is 29.8 Å². The van der Waals surface area contributed by atoms with Crippen LogP contribution in [0.4, 0.5) is 5.69 Å². The van der Waals surface area contributed by atoms with Gasteiger partial charge in [-0.15, -0.1) is 0 Å². The number of aromatic nitrogens is 2. The molecule has 0 saturated heterocycles. The van der Waals surface area contributed by atoms with Crippen LogP contribution >= 0.6 is 0 Å². The van der Waals surface area contributed by atoms with Crippen molar-refractivity contribution < 1.29 is 14.1 Å². The van der Waals surface area contributed by atoms with E-state index in [4.69, 9.17) is 4.52 Å². The second-order valence-electron chi connectivity index (χ2n) is 9.45. The lowest BCUT2D eigenvalue weighted by Crippen LogP contribution is -2.23. The highest BCUT2D eigenvalue weighted by Crippen LogP contribution is 2.41. The van der Waals surface area contributed by atoms with Crippen LogP contribution < -0.4 is 10.6 Å². The lowest BCUT2D eigenvalue weighted by Gasteiger charge is -2.17. The van der Waals surface area contributed by atoms with Crippen molar-refractivity contribution in [2.24, 2.45) is 5.41 Å². The maximum absolute atomic E-state index is 13.5. The number of nitrogens with zero attached hydrogens (tertiary/aromatic N) is 2. The number of carbonyl (C=O) groups is 2. The van der Waals surface area contributed by atoms with Crippen LogP contribution in [-0.2, 0) is 6.42 Å². The zero-order valence-electron chi connectivity index (χ0n) is 18.6. The Morgan fingerprint density at radius 1 is 1.19 bits per heavy atom. The Kier molecular flexibility index (Phi) is 5.29. The van der Waals surface area contributed by atoms with Crippen LogP contribution in [0, 0.1) is 12.3 Å². The Labute approximate surface area is 181 Å². The molecular formula is C24H28N4O3. The van der Waals surface area contributed by atoms with Crippen LogP contribution in [-0.4, -0.2) is 29.0 Å². The van der Waals surface area contributed by atoms with E-state index < -0.39 is 0 Å². The van der Waals surface area contributed by atoms with Gasteiger partial charge in [0.1, 0.15) is 0 Å². The summed E-state index contributed by atoms with van der Waals surface area (Å²) in [4.78, 5) is 30.5. The quantitative estimate of drug-likeness (QED) is 0.628. The maximum Gasteiger partial charge on any atom is 0.259 e. The molecule has 0 bridgehead atoms. The average Bonchev–Trinajstić information content (AvgIpc) is 3.48. The van der Waals surface area contributed by atoms with E-state index >= 15 is 0 Å². The molecule has 4 rings (SSSR count). The minimum absolute atomic E-state index is 0.0321. The zero-order chi connectivity index (χ0) is 22.3. The molecule has 2 aromatic heterocycles. The molecule has 0 unspecified atom stereocenters. The lowest BCUT2D eigenvalue weighted by atomic mass is 9.89. The van der Waals surface area contributed by atoms with E-state index in [0.29, 0.717) is 40.3 Å². The smallest absolute Gasteiger partial charge is 0.259 e. The molecule has 1 fully saturated rings. The highest BCUT2D eigenvalue weighted by molar-refractivity contribution is 6.14. The van der Waals surface area contributed by atoms with Crippen LogP contribution in [0.25, 0.3) is 11.1 Å². The van der Waals surface area contributed by atoms with Crippen LogP contribution in [0.1, 0.15) is 77.2 Å². The van der Waals surface area contributed by atoms with Crippen molar-refractivity contribution in [1.29, 1.82) is 0 Å². The number of amides is 2. The summed E-state index contributed by atoms with van der Waals surface area (Å²) < 4.78 is 5.55. The predicted octanol–water partition coefficient (Wildman–Crippen LogP) is 4.61. The van der Waals surface area contributed by atoms with E-state index in [1.54, 1.807) is 13.1 Å². The summed E-state index contributed by atoms with van der Waals surface area (Å²) in [6.45, 7) is 8.18. The van der Waals surface area contributed by atoms with Crippen molar-refractivity contribution >= 4 is 28.6 Å². The molecular weight excluding hydrogens is 392 g/mol. The second-order valence-corrected chi connectivity index (χ2v) is 9.45. The highest BCUT2D eigenvalue weighted by Gasteiger charge is 2.30. The summed E-state index contributed by atoms with van der Waals surface area (Å²) in [6, 6.07) is 7.25. The fourth-order valence-electron chi connectivity index (χ4n) is 3.81. The Bertz CT molecular complexity index is 1170. The van der Waals surface area contributed by atoms with Gasteiger partial charge < -0.3 is 15.2 Å². The molecule has 0 spiro atoms. The van der Waals surface area contributed by atoms with Crippen LogP contribution in [0.5, 0.6) is 0 Å². The standard InChI is InChI=1S/C24H28N4O3/c1-13-7-6-8-16(19(13)22(30)25-5)26-21(29)15-11-17(14-9-10-14)27-23-20(15)18(28-31-23)12-24(2,3)4/h6-8,11,14H,9-10,12H2,1-5H3,(H,25,30)(H,26,29). The average molecular weight is 421 g/mol. The number of benzene rings is 1. The first-order valence-electron chi connectivity index (χ1n) is 10.6. The Morgan fingerprint density at radius 2 is 1.94 bits per heavy atom. The first-order valence-corrected chi connectivity index (χ1v) is 10.6. The summed E-state index contributed by atoms with van der Waals surface area (Å²) >= 11 is 0. The number of pyridine rings is 1. The van der Waals surface area contributed by atoms with Crippen molar-refractivity contribution in [1.82, 2.24) is 15.5 Å². The number of rotatable bonds is 5. The van der Waals surface area contributed by atoms with E-state index in [1.165, 1.54) is 0 Å². The van der Waals surface area contributed by atoms with E-state index in [9.17, 15) is 9.59 Å². The number of nitrogens with one attached hydrogen (secondary N) is 2. The summed E-state index contributed by atoms with van der Waals surface area (Å²) in [5, 5.41) is 10.5. The Balaban J connectivity index is 1.80. The number of aryl methyl sites for hydroxylation is 1. The van der Waals surface area contributed by atoms with Gasteiger partial charge in [0.2, 0.25) is 0 Å². The van der Waals surface area contributed by atoms with Crippen LogP contribution in [0.2, 0.25) is 0 Å². The monoisotopic (exact) mass is 420 g/mol. The van der Waals surface area contributed by atoms with Gasteiger partial charge in [-0.3, -0.25) is 9.59 Å². The molecule has 2 amide bonds. The Morgan fingerprint density at radius 3 is 2.58 bits per heavy atom. The summed E-state index contributed by atoms with van der Waals surface area (Å²) in [6.07, 6.45) is 2.77. The molecule has 2 heterocycles. The Hall–Kier alpha value is -3.22. The molecule has 7 nitrogen and oxygen atoms in total. The van der Waals surface area contributed by atoms with E-state index in [1.807, 2.05) is 25.1 Å². The summed E-state index contributed by atoms with van der Waals surface area (Å²) in [7, 11) is 1.57. The van der Waals surface area contributed by atoms with Gasteiger partial charge in [0.15, 0.2) is 0 Å². The minimum Gasteiger partial charge on any atom is -0.355 e. The van der Waals surface area contributed by atoms with Gasteiger partial charge in [-0.25, -0.2) is 4.98 Å². The largest absolute Gasteiger partial charge is 0.355 e. The van der Waals surface area contributed by atoms with Crippen molar-refractivity contribution in [3.63, 3.8) is 0 Å². The number of hydrogen-bond donors (Lipinski definition) is 2. The molecule has 1 aliphatic carbocycles. The van der Waals surface area contributed by atoms with Gasteiger partial charge in [-0.2, -0.15) is 0 Å². The molecule has 1 aliphatic rings. The molecule has 1 saturated carbocycles. The third-order valence-corrected chi connectivity index (χ3v) is 5.45. The van der Waals surface area contributed by atoms with Gasteiger partial charge in [-0.05, 0) is 49.3 Å². The normalized spacial score (nSPS) is 14.0. The zero-order valence-corrected chi connectivity index (χ0v) is 18.6. The van der Waals surface area contributed by atoms with Crippen molar-refractivity contribution in [2.45, 2.75) is 52.9 Å². The van der Waals surface area contributed by atoms with Gasteiger partial charge in [0.25, 0.3) is 17.5 Å². The van der Waals surface area contributed by atoms with Gasteiger partial charge in [0, 0.05) is 18.7 Å². The van der Waals surface area contributed by atoms with E-state index in [-0.39, 0.29) is 17.2 Å². The molecule has 0 atom stereocenters. The predicted molar refractivity (Wildman–Crippen MR) is 119 cm³/mol. The van der Waals surface area contributed by atoms with Gasteiger partial charge in [-0.1, -0.05) is 38.1 Å². The number of hydrogen-bond acceptors (Lipinski definition) is 5. The van der Waals surface area contributed by atoms with Crippen LogP contribution in [0.15, 0.2) is 28.8 Å². The number of carbonyl (C=O) groups excluding carboxylic acids is 2. The first-order chi connectivity index (χ1) is 14.7. The third-order valence-electron chi connectivity index (χ3n) is 5.45. The van der Waals surface area contributed by atoms with Gasteiger partial charge in [0.05, 0.1) is 27.9 Å². The summed E-state index contributed by atoms with van der Waals surface area (Å²) in [5.41, 5.74) is 4.12. The fourth-order valence-corrected chi connectivity index (χ4v) is 3.81. The molecule has 1 aromatic carbocycles.